The van der Waals surface area contributed by atoms with Crippen LogP contribution in [0.5, 0.6) is 5.75 Å². The first-order valence-electron chi connectivity index (χ1n) is 9.35. The fourth-order valence-electron chi connectivity index (χ4n) is 2.49. The highest BCUT2D eigenvalue weighted by Crippen LogP contribution is 2.34. The van der Waals surface area contributed by atoms with Crippen molar-refractivity contribution in [2.75, 3.05) is 26.0 Å². The van der Waals surface area contributed by atoms with Crippen molar-refractivity contribution in [3.63, 3.8) is 0 Å². The predicted molar refractivity (Wildman–Crippen MR) is 110 cm³/mol. The van der Waals surface area contributed by atoms with E-state index >= 15 is 0 Å². The van der Waals surface area contributed by atoms with Gasteiger partial charge in [0.05, 0.1) is 28.8 Å². The van der Waals surface area contributed by atoms with Crippen LogP contribution in [0.2, 0.25) is 0 Å². The zero-order valence-corrected chi connectivity index (χ0v) is 17.9. The summed E-state index contributed by atoms with van der Waals surface area (Å²) in [6.45, 7) is 0.758. The molecule has 1 atom stereocenters. The van der Waals surface area contributed by atoms with E-state index in [-0.39, 0.29) is 11.4 Å². The first-order chi connectivity index (χ1) is 15.4. The molecule has 8 nitrogen and oxygen atoms in total. The maximum absolute atomic E-state index is 13.2. The lowest BCUT2D eigenvalue weighted by molar-refractivity contribution is -0.138. The molecule has 0 unspecified atom stereocenters. The van der Waals surface area contributed by atoms with Gasteiger partial charge in [0.1, 0.15) is 12.4 Å². The maximum Gasteiger partial charge on any atom is 0.417 e. The molecular formula is C22H19F3N4O4. The number of benzene rings is 2. The quantitative estimate of drug-likeness (QED) is 0.699. The molecule has 0 radical (unpaired) electrons. The van der Waals surface area contributed by atoms with E-state index in [0.717, 1.165) is 17.0 Å². The number of alkyl halides is 3. The van der Waals surface area contributed by atoms with Crippen LogP contribution in [0.3, 0.4) is 0 Å². The van der Waals surface area contributed by atoms with Gasteiger partial charge in [0.25, 0.3) is 5.91 Å². The Hall–Kier alpha value is -4.25. The van der Waals surface area contributed by atoms with E-state index in [1.807, 2.05) is 6.07 Å². The second-order valence-electron chi connectivity index (χ2n) is 7.24. The van der Waals surface area contributed by atoms with Crippen molar-refractivity contribution in [3.8, 4) is 17.9 Å². The van der Waals surface area contributed by atoms with Crippen LogP contribution in [0.15, 0.2) is 42.5 Å². The molecule has 0 aliphatic carbocycles. The van der Waals surface area contributed by atoms with E-state index < -0.39 is 41.5 Å². The summed E-state index contributed by atoms with van der Waals surface area (Å²) in [6.07, 6.45) is -5.70. The number of carbonyl (C=O) groups excluding carboxylic acids is 2. The molecule has 0 bridgehead atoms. The van der Waals surface area contributed by atoms with Crippen LogP contribution in [-0.2, 0) is 15.7 Å². The van der Waals surface area contributed by atoms with Crippen molar-refractivity contribution in [1.82, 2.24) is 4.90 Å². The largest absolute Gasteiger partial charge is 0.489 e. The van der Waals surface area contributed by atoms with Gasteiger partial charge in [0, 0.05) is 19.8 Å². The molecule has 2 amide bonds. The molecule has 1 N–H and O–H groups in total. The zero-order chi connectivity index (χ0) is 24.8. The third-order valence-electron chi connectivity index (χ3n) is 4.36. The van der Waals surface area contributed by atoms with Crippen LogP contribution in [0, 0.1) is 22.7 Å². The van der Waals surface area contributed by atoms with Crippen LogP contribution < -0.4 is 10.1 Å². The average Bonchev–Trinajstić information content (AvgIpc) is 2.77. The van der Waals surface area contributed by atoms with E-state index in [1.54, 1.807) is 0 Å². The molecule has 0 aliphatic heterocycles. The predicted octanol–water partition coefficient (Wildman–Crippen LogP) is 3.92. The molecule has 0 saturated carbocycles. The van der Waals surface area contributed by atoms with Gasteiger partial charge < -0.3 is 19.7 Å². The molecule has 0 spiro atoms. The Bertz CT molecular complexity index is 1120. The highest BCUT2D eigenvalue weighted by atomic mass is 19.4. The Morgan fingerprint density at radius 1 is 1.06 bits per heavy atom. The molecule has 0 heterocycles. The number of nitriles is 2. The Balaban J connectivity index is 2.30. The van der Waals surface area contributed by atoms with Crippen LogP contribution in [-0.4, -0.2) is 43.2 Å². The van der Waals surface area contributed by atoms with Crippen molar-refractivity contribution in [1.29, 1.82) is 10.5 Å². The minimum Gasteiger partial charge on any atom is -0.489 e. The summed E-state index contributed by atoms with van der Waals surface area (Å²) >= 11 is 0. The van der Waals surface area contributed by atoms with E-state index in [4.69, 9.17) is 20.0 Å². The highest BCUT2D eigenvalue weighted by molar-refractivity contribution is 5.98. The van der Waals surface area contributed by atoms with Crippen LogP contribution in [0.4, 0.5) is 23.7 Å². The van der Waals surface area contributed by atoms with Crippen LogP contribution in [0.25, 0.3) is 0 Å². The fraction of sp³-hybridized carbons (Fsp3) is 0.273. The molecule has 11 heteroatoms. The molecule has 2 aromatic rings. The summed E-state index contributed by atoms with van der Waals surface area (Å²) in [7, 11) is 2.77. The number of ether oxygens (including phenoxy) is 2. The van der Waals surface area contributed by atoms with Gasteiger partial charge >= 0.3 is 12.3 Å². The Labute approximate surface area is 187 Å². The number of rotatable bonds is 6. The molecule has 0 fully saturated rings. The topological polar surface area (TPSA) is 115 Å². The van der Waals surface area contributed by atoms with Gasteiger partial charge in [-0.2, -0.15) is 23.7 Å². The van der Waals surface area contributed by atoms with Gasteiger partial charge in [0.2, 0.25) is 5.60 Å². The second kappa shape index (κ2) is 9.92. The van der Waals surface area contributed by atoms with Gasteiger partial charge in [-0.05, 0) is 49.4 Å². The molecule has 2 rings (SSSR count). The summed E-state index contributed by atoms with van der Waals surface area (Å²) in [5, 5.41) is 20.1. The van der Waals surface area contributed by atoms with Crippen molar-refractivity contribution in [2.45, 2.75) is 18.7 Å². The van der Waals surface area contributed by atoms with E-state index in [0.29, 0.717) is 11.6 Å². The first-order valence-corrected chi connectivity index (χ1v) is 9.35. The van der Waals surface area contributed by atoms with Crippen molar-refractivity contribution in [3.05, 3.63) is 59.2 Å². The number of hydrogen-bond donors (Lipinski definition) is 1. The van der Waals surface area contributed by atoms with Crippen molar-refractivity contribution < 1.29 is 32.2 Å². The first kappa shape index (κ1) is 25.0. The average molecular weight is 460 g/mol. The Morgan fingerprint density at radius 3 is 2.21 bits per heavy atom. The molecule has 2 aromatic carbocycles. The number of halogens is 3. The zero-order valence-electron chi connectivity index (χ0n) is 17.9. The van der Waals surface area contributed by atoms with Crippen LogP contribution in [0.1, 0.15) is 23.6 Å². The van der Waals surface area contributed by atoms with E-state index in [2.05, 4.69) is 5.32 Å². The van der Waals surface area contributed by atoms with Crippen molar-refractivity contribution in [2.24, 2.45) is 0 Å². The fourth-order valence-corrected chi connectivity index (χ4v) is 2.49. The monoisotopic (exact) mass is 460 g/mol. The van der Waals surface area contributed by atoms with Crippen molar-refractivity contribution >= 4 is 17.7 Å². The lowest BCUT2D eigenvalue weighted by Crippen LogP contribution is -2.50. The summed E-state index contributed by atoms with van der Waals surface area (Å²) in [5.41, 5.74) is -3.64. The Kier molecular flexibility index (Phi) is 7.52. The summed E-state index contributed by atoms with van der Waals surface area (Å²) in [4.78, 5) is 26.1. The maximum atomic E-state index is 13.2. The molecule has 0 aromatic heterocycles. The van der Waals surface area contributed by atoms with Gasteiger partial charge in [-0.25, -0.2) is 4.79 Å². The van der Waals surface area contributed by atoms with Gasteiger partial charge in [-0.15, -0.1) is 0 Å². The van der Waals surface area contributed by atoms with Crippen LogP contribution >= 0.6 is 0 Å². The number of amides is 2. The van der Waals surface area contributed by atoms with Gasteiger partial charge in [-0.3, -0.25) is 4.79 Å². The Morgan fingerprint density at radius 2 is 1.70 bits per heavy atom. The third-order valence-corrected chi connectivity index (χ3v) is 4.36. The molecule has 172 valence electrons. The molecule has 0 aliphatic rings. The summed E-state index contributed by atoms with van der Waals surface area (Å²) in [6, 6.07) is 12.0. The molecular weight excluding hydrogens is 441 g/mol. The number of hydrogen-bond acceptors (Lipinski definition) is 6. The third kappa shape index (κ3) is 6.37. The highest BCUT2D eigenvalue weighted by Gasteiger charge is 2.40. The van der Waals surface area contributed by atoms with E-state index in [1.165, 1.54) is 51.4 Å². The number of nitrogens with one attached hydrogen (secondary N) is 1. The smallest absolute Gasteiger partial charge is 0.417 e. The minimum atomic E-state index is -4.81. The number of nitrogens with zero attached hydrogens (tertiary/aromatic N) is 3. The minimum absolute atomic E-state index is 0.253. The number of carbonyl (C=O) groups is 2. The number of anilines is 1. The van der Waals surface area contributed by atoms with E-state index in [9.17, 15) is 22.8 Å². The second-order valence-corrected chi connectivity index (χ2v) is 7.24. The van der Waals surface area contributed by atoms with Gasteiger partial charge in [0.15, 0.2) is 0 Å². The lowest BCUT2D eigenvalue weighted by atomic mass is 10.0. The normalized spacial score (nSPS) is 12.5. The standard InChI is InChI=1S/C22H19F3N4O4/c1-21(33-20(31)29(2)3,13-32-17-8-4-14(11-26)5-9-17)19(30)28-16-7-6-15(12-27)18(10-16)22(23,24)25/h4-10H,13H2,1-3H3,(H,28,30)/t21-/m0/s1. The summed E-state index contributed by atoms with van der Waals surface area (Å²) in [5.74, 6) is -0.684. The SMILES string of the molecule is CN(C)C(=O)O[C@@](C)(COc1ccc(C#N)cc1)C(=O)Nc1ccc(C#N)c(C(F)(F)F)c1. The molecule has 33 heavy (non-hydrogen) atoms. The summed E-state index contributed by atoms with van der Waals surface area (Å²) < 4.78 is 50.5. The lowest BCUT2D eigenvalue weighted by Gasteiger charge is -2.29. The van der Waals surface area contributed by atoms with Gasteiger partial charge in [-0.1, -0.05) is 0 Å². The molecule has 0 saturated heterocycles.